The van der Waals surface area contributed by atoms with Crippen LogP contribution in [0.2, 0.25) is 5.02 Å². The fraction of sp³-hybridized carbons (Fsp3) is 0.208. The molecule has 0 bridgehead atoms. The topological polar surface area (TPSA) is 55.8 Å². The highest BCUT2D eigenvalue weighted by Gasteiger charge is 2.13. The molecule has 0 aromatic heterocycles. The molecule has 0 unspecified atom stereocenters. The van der Waals surface area contributed by atoms with Gasteiger partial charge in [0.25, 0.3) is 0 Å². The number of carboxylic acid groups (broad SMARTS) is 1. The molecule has 0 heterocycles. The van der Waals surface area contributed by atoms with Crippen molar-refractivity contribution in [1.29, 1.82) is 0 Å². The molecule has 0 radical (unpaired) electrons. The van der Waals surface area contributed by atoms with Crippen molar-refractivity contribution < 1.29 is 19.4 Å². The number of rotatable bonds is 8. The van der Waals surface area contributed by atoms with Gasteiger partial charge in [0.15, 0.2) is 0 Å². The predicted octanol–water partition coefficient (Wildman–Crippen LogP) is 6.11. The van der Waals surface area contributed by atoms with Gasteiger partial charge in [0, 0.05) is 11.4 Å². The van der Waals surface area contributed by atoms with Crippen molar-refractivity contribution in [2.75, 3.05) is 6.61 Å². The third-order valence-corrected chi connectivity index (χ3v) is 4.58. The van der Waals surface area contributed by atoms with Crippen LogP contribution in [0.15, 0.2) is 66.7 Å². The summed E-state index contributed by atoms with van der Waals surface area (Å²) in [5.41, 5.74) is 2.94. The number of hydrogen-bond acceptors (Lipinski definition) is 3. The van der Waals surface area contributed by atoms with Gasteiger partial charge in [-0.2, -0.15) is 0 Å². The van der Waals surface area contributed by atoms with E-state index in [9.17, 15) is 9.90 Å². The van der Waals surface area contributed by atoms with Crippen LogP contribution in [-0.4, -0.2) is 23.8 Å². The Morgan fingerprint density at radius 2 is 1.62 bits per heavy atom. The van der Waals surface area contributed by atoms with Gasteiger partial charge >= 0.3 is 5.97 Å². The lowest BCUT2D eigenvalue weighted by Crippen LogP contribution is -2.07. The van der Waals surface area contributed by atoms with Crippen LogP contribution in [0.5, 0.6) is 11.5 Å². The molecule has 0 saturated carbocycles. The summed E-state index contributed by atoms with van der Waals surface area (Å²) in [6.07, 6.45) is 0.763. The van der Waals surface area contributed by atoms with Crippen molar-refractivity contribution in [3.8, 4) is 22.6 Å². The molecule has 0 atom stereocenters. The molecular weight excluding hydrogens is 388 g/mol. The molecule has 1 N–H and O–H groups in total. The maximum absolute atomic E-state index is 11.7. The summed E-state index contributed by atoms with van der Waals surface area (Å²) in [5, 5.41) is 10.3. The third-order valence-electron chi connectivity index (χ3n) is 4.33. The molecule has 150 valence electrons. The van der Waals surface area contributed by atoms with Crippen LogP contribution in [0.4, 0.5) is 0 Å². The summed E-state index contributed by atoms with van der Waals surface area (Å²) in [5.74, 6) is 0.118. The Balaban J connectivity index is 1.72. The lowest BCUT2D eigenvalue weighted by atomic mass is 10.0. The van der Waals surface area contributed by atoms with E-state index in [0.29, 0.717) is 23.8 Å². The van der Waals surface area contributed by atoms with Crippen molar-refractivity contribution in [2.45, 2.75) is 26.4 Å². The largest absolute Gasteiger partial charge is 0.492 e. The van der Waals surface area contributed by atoms with E-state index in [1.165, 1.54) is 0 Å². The van der Waals surface area contributed by atoms with Crippen LogP contribution in [0.25, 0.3) is 11.1 Å². The van der Waals surface area contributed by atoms with Gasteiger partial charge in [0.2, 0.25) is 0 Å². The molecule has 5 heteroatoms. The third kappa shape index (κ3) is 5.75. The van der Waals surface area contributed by atoms with E-state index in [1.54, 1.807) is 12.1 Å². The van der Waals surface area contributed by atoms with Crippen LogP contribution >= 0.6 is 11.6 Å². The molecule has 0 aliphatic heterocycles. The molecule has 0 spiro atoms. The number of hydrogen-bond donors (Lipinski definition) is 1. The molecule has 4 nitrogen and oxygen atoms in total. The summed E-state index contributed by atoms with van der Waals surface area (Å²) in [6.45, 7) is 4.32. The number of halogens is 1. The van der Waals surface area contributed by atoms with Crippen LogP contribution < -0.4 is 9.47 Å². The predicted molar refractivity (Wildman–Crippen MR) is 115 cm³/mol. The van der Waals surface area contributed by atoms with Crippen LogP contribution in [0.3, 0.4) is 0 Å². The van der Waals surface area contributed by atoms with Crippen molar-refractivity contribution >= 4 is 17.6 Å². The first kappa shape index (κ1) is 20.7. The van der Waals surface area contributed by atoms with Gasteiger partial charge in [-0.3, -0.25) is 0 Å². The average Bonchev–Trinajstić information content (AvgIpc) is 2.70. The Hall–Kier alpha value is -2.98. The summed E-state index contributed by atoms with van der Waals surface area (Å²) >= 11 is 5.89. The standard InChI is InChI=1S/C24H23ClO4/c1-16(2)29-21-10-5-18(6-11-21)19-7-12-23(22(15-19)24(26)27)28-14-13-17-3-8-20(25)9-4-17/h3-12,15-16H,13-14H2,1-2H3,(H,26,27). The smallest absolute Gasteiger partial charge is 0.339 e. The van der Waals surface area contributed by atoms with Crippen LogP contribution in [-0.2, 0) is 6.42 Å². The molecule has 3 aromatic carbocycles. The van der Waals surface area contributed by atoms with E-state index in [1.807, 2.05) is 68.4 Å². The molecule has 0 aliphatic rings. The van der Waals surface area contributed by atoms with Gasteiger partial charge in [-0.25, -0.2) is 4.79 Å². The first-order chi connectivity index (χ1) is 13.9. The van der Waals surface area contributed by atoms with Crippen LogP contribution in [0.1, 0.15) is 29.8 Å². The fourth-order valence-electron chi connectivity index (χ4n) is 2.93. The van der Waals surface area contributed by atoms with Gasteiger partial charge < -0.3 is 14.6 Å². The minimum Gasteiger partial charge on any atom is -0.492 e. The molecular formula is C24H23ClO4. The number of ether oxygens (including phenoxy) is 2. The highest BCUT2D eigenvalue weighted by molar-refractivity contribution is 6.30. The molecule has 0 amide bonds. The quantitative estimate of drug-likeness (QED) is 0.486. The normalized spacial score (nSPS) is 10.8. The van der Waals surface area contributed by atoms with E-state index < -0.39 is 5.97 Å². The van der Waals surface area contributed by atoms with E-state index in [4.69, 9.17) is 21.1 Å². The highest BCUT2D eigenvalue weighted by Crippen LogP contribution is 2.28. The Bertz CT molecular complexity index is 963. The summed E-state index contributed by atoms with van der Waals surface area (Å²) < 4.78 is 11.4. The second-order valence-electron chi connectivity index (χ2n) is 6.93. The van der Waals surface area contributed by atoms with Gasteiger partial charge in [-0.15, -0.1) is 0 Å². The fourth-order valence-corrected chi connectivity index (χ4v) is 3.06. The summed E-state index contributed by atoms with van der Waals surface area (Å²) in [4.78, 5) is 11.7. The number of carbonyl (C=O) groups is 1. The zero-order valence-electron chi connectivity index (χ0n) is 16.4. The van der Waals surface area contributed by atoms with Crippen molar-refractivity contribution in [3.05, 3.63) is 82.9 Å². The SMILES string of the molecule is CC(C)Oc1ccc(-c2ccc(OCCc3ccc(Cl)cc3)c(C(=O)O)c2)cc1. The van der Waals surface area contributed by atoms with Crippen molar-refractivity contribution in [2.24, 2.45) is 0 Å². The van der Waals surface area contributed by atoms with Gasteiger partial charge in [0.05, 0.1) is 12.7 Å². The zero-order chi connectivity index (χ0) is 20.8. The van der Waals surface area contributed by atoms with Crippen LogP contribution in [0, 0.1) is 0 Å². The zero-order valence-corrected chi connectivity index (χ0v) is 17.1. The van der Waals surface area contributed by atoms with Crippen molar-refractivity contribution in [3.63, 3.8) is 0 Å². The lowest BCUT2D eigenvalue weighted by molar-refractivity contribution is 0.0692. The molecule has 29 heavy (non-hydrogen) atoms. The summed E-state index contributed by atoms with van der Waals surface area (Å²) in [6, 6.07) is 20.3. The number of carboxylic acids is 1. The Labute approximate surface area is 175 Å². The average molecular weight is 411 g/mol. The van der Waals surface area contributed by atoms with E-state index in [0.717, 1.165) is 22.4 Å². The molecule has 3 rings (SSSR count). The van der Waals surface area contributed by atoms with E-state index >= 15 is 0 Å². The van der Waals surface area contributed by atoms with Gasteiger partial charge in [-0.05, 0) is 66.9 Å². The molecule has 0 aliphatic carbocycles. The maximum atomic E-state index is 11.7. The maximum Gasteiger partial charge on any atom is 0.339 e. The molecule has 0 saturated heterocycles. The first-order valence-electron chi connectivity index (χ1n) is 9.44. The second kappa shape index (κ2) is 9.48. The monoisotopic (exact) mass is 410 g/mol. The van der Waals surface area contributed by atoms with Crippen molar-refractivity contribution in [1.82, 2.24) is 0 Å². The lowest BCUT2D eigenvalue weighted by Gasteiger charge is -2.12. The number of aromatic carboxylic acids is 1. The van der Waals surface area contributed by atoms with Gasteiger partial charge in [0.1, 0.15) is 17.1 Å². The Kier molecular flexibility index (Phi) is 6.78. The molecule has 0 fully saturated rings. The Morgan fingerprint density at radius 3 is 2.24 bits per heavy atom. The number of benzene rings is 3. The first-order valence-corrected chi connectivity index (χ1v) is 9.82. The Morgan fingerprint density at radius 1 is 0.966 bits per heavy atom. The minimum atomic E-state index is -1.02. The summed E-state index contributed by atoms with van der Waals surface area (Å²) in [7, 11) is 0. The second-order valence-corrected chi connectivity index (χ2v) is 7.37. The van der Waals surface area contributed by atoms with E-state index in [2.05, 4.69) is 0 Å². The molecule has 3 aromatic rings. The highest BCUT2D eigenvalue weighted by atomic mass is 35.5. The van der Waals surface area contributed by atoms with Gasteiger partial charge in [-0.1, -0.05) is 41.9 Å². The minimum absolute atomic E-state index is 0.101. The van der Waals surface area contributed by atoms with E-state index in [-0.39, 0.29) is 11.7 Å².